The fourth-order valence-electron chi connectivity index (χ4n) is 1.55. The van der Waals surface area contributed by atoms with Crippen molar-refractivity contribution in [1.29, 1.82) is 0 Å². The normalized spacial score (nSPS) is 15.2. The minimum absolute atomic E-state index is 0.132. The lowest BCUT2D eigenvalue weighted by Crippen LogP contribution is -2.15. The molecule has 6 nitrogen and oxygen atoms in total. The zero-order chi connectivity index (χ0) is 12.7. The molecule has 1 fully saturated rings. The number of rotatable bonds is 4. The summed E-state index contributed by atoms with van der Waals surface area (Å²) in [7, 11) is 0. The van der Waals surface area contributed by atoms with E-state index < -0.39 is 0 Å². The van der Waals surface area contributed by atoms with E-state index in [1.165, 1.54) is 23.1 Å². The Bertz CT molecular complexity index is 631. The summed E-state index contributed by atoms with van der Waals surface area (Å²) in [6, 6.07) is 0.256. The van der Waals surface area contributed by atoms with E-state index >= 15 is 0 Å². The summed E-state index contributed by atoms with van der Waals surface area (Å²) in [6.07, 6.45) is 2.01. The number of halogens is 1. The van der Waals surface area contributed by atoms with Crippen molar-refractivity contribution in [2.24, 2.45) is 0 Å². The average molecular weight is 305 g/mol. The first kappa shape index (κ1) is 12.2. The zero-order valence-electron chi connectivity index (χ0n) is 9.09. The molecule has 18 heavy (non-hydrogen) atoms. The lowest BCUT2D eigenvalue weighted by molar-refractivity contribution is 0.285. The quantitative estimate of drug-likeness (QED) is 0.897. The molecule has 3 rings (SSSR count). The summed E-state index contributed by atoms with van der Waals surface area (Å²) in [5.74, 6) is 0. The summed E-state index contributed by atoms with van der Waals surface area (Å²) in [5, 5.41) is 16.4. The van der Waals surface area contributed by atoms with Crippen LogP contribution in [-0.4, -0.2) is 24.9 Å². The maximum absolute atomic E-state index is 11.6. The lowest BCUT2D eigenvalue weighted by atomic mass is 10.6. The standard InChI is InChI=1S/C9H9ClN4O2S2/c10-6-5(3-15)17-9(11-6)18-8-13-12-7(16)14(8)4-1-2-4/h4,15H,1-3H2,(H,12,16). The Morgan fingerprint density at radius 1 is 1.61 bits per heavy atom. The average Bonchev–Trinajstić information content (AvgIpc) is 3.02. The van der Waals surface area contributed by atoms with Crippen LogP contribution in [0, 0.1) is 0 Å². The van der Waals surface area contributed by atoms with E-state index in [0.717, 1.165) is 12.8 Å². The Kier molecular flexibility index (Phi) is 3.18. The van der Waals surface area contributed by atoms with Gasteiger partial charge in [0.25, 0.3) is 0 Å². The summed E-state index contributed by atoms with van der Waals surface area (Å²) in [5.41, 5.74) is -0.190. The Morgan fingerprint density at radius 3 is 3.00 bits per heavy atom. The largest absolute Gasteiger partial charge is 0.391 e. The van der Waals surface area contributed by atoms with Crippen LogP contribution in [0.3, 0.4) is 0 Å². The molecule has 2 aromatic rings. The molecule has 9 heteroatoms. The molecule has 0 bridgehead atoms. The van der Waals surface area contributed by atoms with Crippen LogP contribution in [0.25, 0.3) is 0 Å². The minimum Gasteiger partial charge on any atom is -0.391 e. The first-order valence-corrected chi connectivity index (χ1v) is 7.31. The number of aromatic amines is 1. The van der Waals surface area contributed by atoms with Crippen LogP contribution in [0.4, 0.5) is 0 Å². The van der Waals surface area contributed by atoms with Gasteiger partial charge in [-0.3, -0.25) is 4.57 Å². The molecule has 2 aromatic heterocycles. The Hall–Kier alpha value is -0.830. The third-order valence-electron chi connectivity index (χ3n) is 2.54. The van der Waals surface area contributed by atoms with E-state index in [1.54, 1.807) is 4.57 Å². The predicted molar refractivity (Wildman–Crippen MR) is 68.3 cm³/mol. The van der Waals surface area contributed by atoms with Crippen molar-refractivity contribution >= 4 is 34.7 Å². The van der Waals surface area contributed by atoms with Gasteiger partial charge in [-0.1, -0.05) is 11.6 Å². The van der Waals surface area contributed by atoms with Crippen molar-refractivity contribution in [3.8, 4) is 0 Å². The maximum atomic E-state index is 11.6. The van der Waals surface area contributed by atoms with Crippen molar-refractivity contribution in [2.45, 2.75) is 35.0 Å². The van der Waals surface area contributed by atoms with Gasteiger partial charge in [-0.2, -0.15) is 0 Å². The van der Waals surface area contributed by atoms with Crippen molar-refractivity contribution < 1.29 is 5.11 Å². The highest BCUT2D eigenvalue weighted by Crippen LogP contribution is 2.39. The molecule has 0 saturated heterocycles. The van der Waals surface area contributed by atoms with Crippen molar-refractivity contribution in [1.82, 2.24) is 19.7 Å². The molecule has 2 heterocycles. The fourth-order valence-corrected chi connectivity index (χ4v) is 3.86. The smallest absolute Gasteiger partial charge is 0.344 e. The number of nitrogens with one attached hydrogen (secondary N) is 1. The monoisotopic (exact) mass is 304 g/mol. The summed E-state index contributed by atoms with van der Waals surface area (Å²) in [4.78, 5) is 16.3. The fraction of sp³-hybridized carbons (Fsp3) is 0.444. The van der Waals surface area contributed by atoms with E-state index in [4.69, 9.17) is 16.7 Å². The van der Waals surface area contributed by atoms with Gasteiger partial charge in [0.2, 0.25) is 0 Å². The second-order valence-electron chi connectivity index (χ2n) is 3.87. The molecule has 0 spiro atoms. The number of aromatic nitrogens is 4. The highest BCUT2D eigenvalue weighted by Gasteiger charge is 2.29. The molecule has 0 radical (unpaired) electrons. The van der Waals surface area contributed by atoms with Crippen LogP contribution in [0.2, 0.25) is 5.15 Å². The lowest BCUT2D eigenvalue weighted by Gasteiger charge is -1.99. The Labute approximate surface area is 115 Å². The molecule has 96 valence electrons. The number of thiazole rings is 1. The predicted octanol–water partition coefficient (Wildman–Crippen LogP) is 1.66. The van der Waals surface area contributed by atoms with Crippen molar-refractivity contribution in [2.75, 3.05) is 0 Å². The molecule has 0 amide bonds. The first-order chi connectivity index (χ1) is 8.69. The van der Waals surface area contributed by atoms with E-state index in [0.29, 0.717) is 19.5 Å². The molecule has 0 aliphatic heterocycles. The molecule has 0 aromatic carbocycles. The van der Waals surface area contributed by atoms with E-state index in [-0.39, 0.29) is 18.3 Å². The Morgan fingerprint density at radius 2 is 2.39 bits per heavy atom. The zero-order valence-corrected chi connectivity index (χ0v) is 11.5. The molecule has 1 aliphatic rings. The van der Waals surface area contributed by atoms with Crippen molar-refractivity contribution in [3.05, 3.63) is 20.5 Å². The number of hydrogen-bond donors (Lipinski definition) is 2. The van der Waals surface area contributed by atoms with Gasteiger partial charge in [-0.05, 0) is 24.6 Å². The third kappa shape index (κ3) is 2.20. The number of hydrogen-bond acceptors (Lipinski definition) is 6. The summed E-state index contributed by atoms with van der Waals surface area (Å²) in [6.45, 7) is -0.132. The highest BCUT2D eigenvalue weighted by molar-refractivity contribution is 8.00. The second-order valence-corrected chi connectivity index (χ2v) is 6.52. The second kappa shape index (κ2) is 4.69. The molecule has 0 unspecified atom stereocenters. The SMILES string of the molecule is O=c1[nH]nc(Sc2nc(Cl)c(CO)s2)n1C1CC1. The van der Waals surface area contributed by atoms with Crippen LogP contribution >= 0.6 is 34.7 Å². The molecule has 1 aliphatic carbocycles. The Balaban J connectivity index is 1.89. The minimum atomic E-state index is -0.190. The highest BCUT2D eigenvalue weighted by atomic mass is 35.5. The first-order valence-electron chi connectivity index (χ1n) is 5.30. The van der Waals surface area contributed by atoms with Crippen LogP contribution in [0.1, 0.15) is 23.8 Å². The molecular formula is C9H9ClN4O2S2. The molecule has 0 atom stereocenters. The third-order valence-corrected chi connectivity index (χ3v) is 5.03. The van der Waals surface area contributed by atoms with Gasteiger partial charge in [0, 0.05) is 6.04 Å². The topological polar surface area (TPSA) is 83.8 Å². The molecule has 1 saturated carbocycles. The van der Waals surface area contributed by atoms with Gasteiger partial charge < -0.3 is 5.11 Å². The number of H-pyrrole nitrogens is 1. The van der Waals surface area contributed by atoms with Gasteiger partial charge in [0.1, 0.15) is 5.15 Å². The number of aliphatic hydroxyl groups is 1. The van der Waals surface area contributed by atoms with E-state index in [2.05, 4.69) is 15.2 Å². The van der Waals surface area contributed by atoms with Crippen molar-refractivity contribution in [3.63, 3.8) is 0 Å². The number of aliphatic hydroxyl groups excluding tert-OH is 1. The van der Waals surface area contributed by atoms with Crippen LogP contribution in [0.15, 0.2) is 14.3 Å². The van der Waals surface area contributed by atoms with E-state index in [9.17, 15) is 4.79 Å². The summed E-state index contributed by atoms with van der Waals surface area (Å²) < 4.78 is 2.32. The summed E-state index contributed by atoms with van der Waals surface area (Å²) >= 11 is 8.45. The van der Waals surface area contributed by atoms with Gasteiger partial charge in [-0.15, -0.1) is 16.4 Å². The maximum Gasteiger partial charge on any atom is 0.344 e. The van der Waals surface area contributed by atoms with Gasteiger partial charge in [-0.25, -0.2) is 14.9 Å². The van der Waals surface area contributed by atoms with E-state index in [1.807, 2.05) is 0 Å². The number of nitrogens with zero attached hydrogens (tertiary/aromatic N) is 3. The molecule has 2 N–H and O–H groups in total. The van der Waals surface area contributed by atoms with Gasteiger partial charge in [0.15, 0.2) is 9.50 Å². The van der Waals surface area contributed by atoms with Crippen LogP contribution in [-0.2, 0) is 6.61 Å². The molecular weight excluding hydrogens is 296 g/mol. The van der Waals surface area contributed by atoms with Gasteiger partial charge >= 0.3 is 5.69 Å². The van der Waals surface area contributed by atoms with Crippen LogP contribution in [0.5, 0.6) is 0 Å². The van der Waals surface area contributed by atoms with Gasteiger partial charge in [0.05, 0.1) is 11.5 Å². The van der Waals surface area contributed by atoms with Crippen LogP contribution < -0.4 is 5.69 Å².